The van der Waals surface area contributed by atoms with Gasteiger partial charge in [0.25, 0.3) is 5.91 Å². The number of fused-ring (bicyclic) bond motifs is 1. The van der Waals surface area contributed by atoms with Crippen LogP contribution in [-0.2, 0) is 9.57 Å². The van der Waals surface area contributed by atoms with E-state index in [1.807, 2.05) is 30.3 Å². The lowest BCUT2D eigenvalue weighted by Gasteiger charge is -2.22. The predicted molar refractivity (Wildman–Crippen MR) is 91.6 cm³/mol. The SMILES string of the molecule is O=C(NO[C@H]1CCCCO1)c1ccc2noc(-c3ccccc3)c2c1. The fraction of sp³-hybridized carbons (Fsp3) is 0.263. The molecule has 0 aliphatic carbocycles. The maximum absolute atomic E-state index is 12.4. The molecule has 6 nitrogen and oxygen atoms in total. The Kier molecular flexibility index (Phi) is 4.45. The minimum absolute atomic E-state index is 0.323. The molecular weight excluding hydrogens is 320 g/mol. The minimum atomic E-state index is -0.378. The molecule has 6 heteroatoms. The first-order valence-electron chi connectivity index (χ1n) is 8.34. The Hall–Kier alpha value is -2.70. The molecule has 0 radical (unpaired) electrons. The number of amides is 1. The molecule has 1 amide bonds. The Balaban J connectivity index is 1.54. The molecule has 2 aromatic carbocycles. The average molecular weight is 338 g/mol. The molecule has 1 fully saturated rings. The zero-order valence-electron chi connectivity index (χ0n) is 13.6. The molecule has 2 heterocycles. The highest BCUT2D eigenvalue weighted by Crippen LogP contribution is 2.29. The highest BCUT2D eigenvalue weighted by atomic mass is 16.8. The third-order valence-electron chi connectivity index (χ3n) is 4.20. The summed E-state index contributed by atoms with van der Waals surface area (Å²) in [5, 5.41) is 4.84. The summed E-state index contributed by atoms with van der Waals surface area (Å²) in [5.41, 5.74) is 4.56. The van der Waals surface area contributed by atoms with E-state index in [-0.39, 0.29) is 12.2 Å². The van der Waals surface area contributed by atoms with Crippen LogP contribution in [0.3, 0.4) is 0 Å². The summed E-state index contributed by atoms with van der Waals surface area (Å²) in [6.45, 7) is 0.660. The Labute approximate surface area is 144 Å². The number of hydroxylamine groups is 1. The monoisotopic (exact) mass is 338 g/mol. The van der Waals surface area contributed by atoms with Gasteiger partial charge in [0, 0.05) is 24.2 Å². The lowest BCUT2D eigenvalue weighted by molar-refractivity contribution is -0.186. The van der Waals surface area contributed by atoms with Crippen LogP contribution < -0.4 is 5.48 Å². The summed E-state index contributed by atoms with van der Waals surface area (Å²) >= 11 is 0. The molecule has 0 saturated carbocycles. The fourth-order valence-corrected chi connectivity index (χ4v) is 2.86. The number of nitrogens with zero attached hydrogens (tertiary/aromatic N) is 1. The van der Waals surface area contributed by atoms with Crippen LogP contribution in [0.25, 0.3) is 22.2 Å². The number of carbonyl (C=O) groups excluding carboxylic acids is 1. The van der Waals surface area contributed by atoms with Crippen molar-refractivity contribution in [2.45, 2.75) is 25.6 Å². The van der Waals surface area contributed by atoms with Gasteiger partial charge in [0.1, 0.15) is 5.52 Å². The van der Waals surface area contributed by atoms with Crippen molar-refractivity contribution in [2.24, 2.45) is 0 Å². The van der Waals surface area contributed by atoms with Crippen LogP contribution in [0.4, 0.5) is 0 Å². The van der Waals surface area contributed by atoms with Crippen LogP contribution in [0.15, 0.2) is 53.1 Å². The van der Waals surface area contributed by atoms with Gasteiger partial charge >= 0.3 is 0 Å². The van der Waals surface area contributed by atoms with E-state index in [0.717, 1.165) is 30.2 Å². The van der Waals surface area contributed by atoms with Gasteiger partial charge < -0.3 is 9.26 Å². The number of hydrogen-bond acceptors (Lipinski definition) is 5. The summed E-state index contributed by atoms with van der Waals surface area (Å²) < 4.78 is 10.9. The lowest BCUT2D eigenvalue weighted by atomic mass is 10.1. The number of benzene rings is 2. The molecule has 0 unspecified atom stereocenters. The lowest BCUT2D eigenvalue weighted by Crippen LogP contribution is -2.33. The van der Waals surface area contributed by atoms with Gasteiger partial charge in [-0.1, -0.05) is 35.5 Å². The van der Waals surface area contributed by atoms with Crippen molar-refractivity contribution in [2.75, 3.05) is 6.61 Å². The van der Waals surface area contributed by atoms with Crippen molar-refractivity contribution < 1.29 is 18.9 Å². The largest absolute Gasteiger partial charge is 0.355 e. The molecule has 4 rings (SSSR count). The number of rotatable bonds is 4. The van der Waals surface area contributed by atoms with Crippen LogP contribution >= 0.6 is 0 Å². The Morgan fingerprint density at radius 3 is 2.84 bits per heavy atom. The minimum Gasteiger partial charge on any atom is -0.355 e. The molecule has 1 aliphatic rings. The first-order chi connectivity index (χ1) is 12.3. The summed E-state index contributed by atoms with van der Waals surface area (Å²) in [5.74, 6) is 0.318. The van der Waals surface area contributed by atoms with Crippen LogP contribution in [0.2, 0.25) is 0 Å². The van der Waals surface area contributed by atoms with Gasteiger partial charge in [-0.05, 0) is 31.0 Å². The molecule has 0 bridgehead atoms. The van der Waals surface area contributed by atoms with Crippen LogP contribution in [0.1, 0.15) is 29.6 Å². The van der Waals surface area contributed by atoms with E-state index < -0.39 is 0 Å². The molecule has 1 aromatic heterocycles. The second-order valence-electron chi connectivity index (χ2n) is 5.95. The molecule has 1 aliphatic heterocycles. The van der Waals surface area contributed by atoms with Crippen molar-refractivity contribution in [1.29, 1.82) is 0 Å². The number of carbonyl (C=O) groups is 1. The van der Waals surface area contributed by atoms with E-state index in [0.29, 0.717) is 23.4 Å². The van der Waals surface area contributed by atoms with Crippen molar-refractivity contribution in [3.63, 3.8) is 0 Å². The second-order valence-corrected chi connectivity index (χ2v) is 5.95. The van der Waals surface area contributed by atoms with Crippen molar-refractivity contribution in [3.05, 3.63) is 54.1 Å². The van der Waals surface area contributed by atoms with Gasteiger partial charge in [-0.3, -0.25) is 4.79 Å². The van der Waals surface area contributed by atoms with Crippen LogP contribution in [0, 0.1) is 0 Å². The van der Waals surface area contributed by atoms with Crippen molar-refractivity contribution in [1.82, 2.24) is 10.6 Å². The Bertz CT molecular complexity index is 870. The first-order valence-corrected chi connectivity index (χ1v) is 8.34. The van der Waals surface area contributed by atoms with Gasteiger partial charge in [0.2, 0.25) is 0 Å². The molecular formula is C19H18N2O4. The average Bonchev–Trinajstić information content (AvgIpc) is 3.11. The third kappa shape index (κ3) is 3.40. The van der Waals surface area contributed by atoms with E-state index >= 15 is 0 Å². The molecule has 0 spiro atoms. The fourth-order valence-electron chi connectivity index (χ4n) is 2.86. The van der Waals surface area contributed by atoms with E-state index in [4.69, 9.17) is 14.1 Å². The zero-order valence-corrected chi connectivity index (χ0v) is 13.6. The van der Waals surface area contributed by atoms with E-state index in [9.17, 15) is 4.79 Å². The van der Waals surface area contributed by atoms with Gasteiger partial charge in [0.05, 0.1) is 5.39 Å². The first kappa shape index (κ1) is 15.8. The smallest absolute Gasteiger partial charge is 0.274 e. The quantitative estimate of drug-likeness (QED) is 0.735. The highest BCUT2D eigenvalue weighted by Gasteiger charge is 2.18. The van der Waals surface area contributed by atoms with E-state index in [1.54, 1.807) is 18.2 Å². The molecule has 1 saturated heterocycles. The Morgan fingerprint density at radius 2 is 2.04 bits per heavy atom. The summed E-state index contributed by atoms with van der Waals surface area (Å²) in [6.07, 6.45) is 2.47. The van der Waals surface area contributed by atoms with Gasteiger partial charge in [-0.25, -0.2) is 10.3 Å². The van der Waals surface area contributed by atoms with Crippen LogP contribution in [0.5, 0.6) is 0 Å². The Morgan fingerprint density at radius 1 is 1.16 bits per heavy atom. The normalized spacial score (nSPS) is 17.5. The number of ether oxygens (including phenoxy) is 1. The highest BCUT2D eigenvalue weighted by molar-refractivity contribution is 6.00. The number of hydrogen-bond donors (Lipinski definition) is 1. The van der Waals surface area contributed by atoms with Crippen molar-refractivity contribution in [3.8, 4) is 11.3 Å². The van der Waals surface area contributed by atoms with E-state index in [1.165, 1.54) is 0 Å². The molecule has 1 atom stereocenters. The molecule has 1 N–H and O–H groups in total. The zero-order chi connectivity index (χ0) is 17.1. The van der Waals surface area contributed by atoms with Gasteiger partial charge in [-0.2, -0.15) is 0 Å². The number of aromatic nitrogens is 1. The van der Waals surface area contributed by atoms with E-state index in [2.05, 4.69) is 10.6 Å². The summed E-state index contributed by atoms with van der Waals surface area (Å²) in [6, 6.07) is 14.9. The van der Waals surface area contributed by atoms with Crippen LogP contribution in [-0.4, -0.2) is 24.0 Å². The van der Waals surface area contributed by atoms with Crippen molar-refractivity contribution >= 4 is 16.8 Å². The summed E-state index contributed by atoms with van der Waals surface area (Å²) in [4.78, 5) is 17.7. The van der Waals surface area contributed by atoms with Gasteiger partial charge in [0.15, 0.2) is 12.1 Å². The maximum atomic E-state index is 12.4. The molecule has 25 heavy (non-hydrogen) atoms. The topological polar surface area (TPSA) is 73.6 Å². The summed E-state index contributed by atoms with van der Waals surface area (Å²) in [7, 11) is 0. The predicted octanol–water partition coefficient (Wildman–Crippen LogP) is 3.68. The maximum Gasteiger partial charge on any atom is 0.274 e. The third-order valence-corrected chi connectivity index (χ3v) is 4.20. The number of nitrogens with one attached hydrogen (secondary N) is 1. The molecule has 3 aromatic rings. The molecule has 128 valence electrons. The second kappa shape index (κ2) is 7.04. The van der Waals surface area contributed by atoms with Gasteiger partial charge in [-0.15, -0.1) is 0 Å². The standard InChI is InChI=1S/C19H18N2O4/c22-19(21-24-17-8-4-5-11-23-17)14-9-10-16-15(12-14)18(25-20-16)13-6-2-1-3-7-13/h1-3,6-7,9-10,12,17H,4-5,8,11H2,(H,21,22)/t17-/m0/s1.